The summed E-state index contributed by atoms with van der Waals surface area (Å²) in [5.41, 5.74) is 0.0436. The molecule has 12 nitrogen and oxygen atoms in total. The van der Waals surface area contributed by atoms with E-state index in [1.54, 1.807) is 32.9 Å². The molecule has 0 radical (unpaired) electrons. The molecule has 186 valence electrons. The van der Waals surface area contributed by atoms with Crippen molar-refractivity contribution in [3.05, 3.63) is 29.8 Å². The molecule has 0 saturated carbocycles. The standard InChI is InChI=1S/C22H30N4O8/c1-11(2)18-21(31)23-12(3)10-34-16-7-5-4-6-13(16)19(29)25-14(22(32)33)8-17(28)24-15(9-27)20(30)26-18/h4-7,11-12,14-15,18,27H,8-10H2,1-3H3,(H,23,31)(H,24,28)(H,25,29)(H,26,30)(H,32,33)/t12-,14-,15-,18+/m0/s1. The summed E-state index contributed by atoms with van der Waals surface area (Å²) in [4.78, 5) is 62.2. The predicted octanol–water partition coefficient (Wildman–Crippen LogP) is -1.23. The third-order valence-corrected chi connectivity index (χ3v) is 5.08. The fourth-order valence-corrected chi connectivity index (χ4v) is 3.23. The zero-order valence-electron chi connectivity index (χ0n) is 19.2. The minimum Gasteiger partial charge on any atom is -0.491 e. The number of para-hydroxylation sites is 1. The topological polar surface area (TPSA) is 183 Å². The molecule has 34 heavy (non-hydrogen) atoms. The number of benzene rings is 1. The van der Waals surface area contributed by atoms with E-state index >= 15 is 0 Å². The number of carbonyl (C=O) groups is 5. The van der Waals surface area contributed by atoms with Crippen molar-refractivity contribution in [1.82, 2.24) is 21.3 Å². The van der Waals surface area contributed by atoms with Crippen LogP contribution in [0.2, 0.25) is 0 Å². The molecule has 12 heteroatoms. The predicted molar refractivity (Wildman–Crippen MR) is 119 cm³/mol. The molecule has 0 fully saturated rings. The lowest BCUT2D eigenvalue weighted by Crippen LogP contribution is -2.58. The first-order valence-electron chi connectivity index (χ1n) is 10.8. The van der Waals surface area contributed by atoms with Crippen LogP contribution in [0, 0.1) is 5.92 Å². The van der Waals surface area contributed by atoms with Crippen LogP contribution in [0.15, 0.2) is 24.3 Å². The van der Waals surface area contributed by atoms with Crippen molar-refractivity contribution in [3.8, 4) is 5.75 Å². The van der Waals surface area contributed by atoms with Gasteiger partial charge in [-0.2, -0.15) is 0 Å². The normalized spacial score (nSPS) is 25.1. The van der Waals surface area contributed by atoms with E-state index in [1.165, 1.54) is 12.1 Å². The number of aliphatic carboxylic acids is 1. The first-order valence-corrected chi connectivity index (χ1v) is 10.8. The number of aliphatic hydroxyl groups is 1. The lowest BCUT2D eigenvalue weighted by Gasteiger charge is -2.26. The number of carboxylic acids is 1. The summed E-state index contributed by atoms with van der Waals surface area (Å²) in [7, 11) is 0. The third kappa shape index (κ3) is 7.17. The first-order chi connectivity index (χ1) is 16.0. The number of carboxylic acid groups (broad SMARTS) is 1. The van der Waals surface area contributed by atoms with Crippen LogP contribution < -0.4 is 26.0 Å². The third-order valence-electron chi connectivity index (χ3n) is 5.08. The number of rotatable bonds is 3. The summed E-state index contributed by atoms with van der Waals surface area (Å²) in [6.07, 6.45) is -0.695. The Hall–Kier alpha value is -3.67. The second-order valence-electron chi connectivity index (χ2n) is 8.32. The lowest BCUT2D eigenvalue weighted by molar-refractivity contribution is -0.141. The van der Waals surface area contributed by atoms with Crippen molar-refractivity contribution in [2.24, 2.45) is 5.92 Å². The maximum Gasteiger partial charge on any atom is 0.326 e. The van der Waals surface area contributed by atoms with Gasteiger partial charge in [0.05, 0.1) is 24.6 Å². The largest absolute Gasteiger partial charge is 0.491 e. The van der Waals surface area contributed by atoms with Gasteiger partial charge in [0.15, 0.2) is 0 Å². The van der Waals surface area contributed by atoms with Crippen LogP contribution in [-0.2, 0) is 19.2 Å². The molecule has 0 aliphatic carbocycles. The van der Waals surface area contributed by atoms with E-state index in [9.17, 15) is 34.2 Å². The molecule has 0 spiro atoms. The van der Waals surface area contributed by atoms with E-state index in [1.807, 2.05) is 0 Å². The van der Waals surface area contributed by atoms with Gasteiger partial charge in [0, 0.05) is 0 Å². The molecule has 1 aliphatic heterocycles. The number of carbonyl (C=O) groups excluding carboxylic acids is 4. The van der Waals surface area contributed by atoms with Crippen molar-refractivity contribution < 1.29 is 38.9 Å². The number of aliphatic hydroxyl groups excluding tert-OH is 1. The lowest BCUT2D eigenvalue weighted by atomic mass is 10.0. The van der Waals surface area contributed by atoms with Crippen LogP contribution in [-0.4, -0.2) is 77.2 Å². The highest BCUT2D eigenvalue weighted by molar-refractivity contribution is 6.00. The summed E-state index contributed by atoms with van der Waals surface area (Å²) in [5, 5.41) is 28.8. The molecule has 6 N–H and O–H groups in total. The van der Waals surface area contributed by atoms with E-state index in [4.69, 9.17) is 4.74 Å². The van der Waals surface area contributed by atoms with Crippen LogP contribution in [0.3, 0.4) is 0 Å². The number of hydrogen-bond acceptors (Lipinski definition) is 7. The smallest absolute Gasteiger partial charge is 0.326 e. The minimum absolute atomic E-state index is 0.0174. The molecule has 0 aromatic heterocycles. The van der Waals surface area contributed by atoms with Crippen LogP contribution in [0.4, 0.5) is 0 Å². The van der Waals surface area contributed by atoms with Gasteiger partial charge in [-0.3, -0.25) is 19.2 Å². The highest BCUT2D eigenvalue weighted by Crippen LogP contribution is 2.18. The maximum atomic E-state index is 12.8. The Morgan fingerprint density at radius 1 is 1.06 bits per heavy atom. The Balaban J connectivity index is 2.39. The Kier molecular flexibility index (Phi) is 9.36. The Morgan fingerprint density at radius 2 is 1.74 bits per heavy atom. The molecular weight excluding hydrogens is 448 g/mol. The molecule has 1 aliphatic rings. The molecule has 0 saturated heterocycles. The average molecular weight is 479 g/mol. The van der Waals surface area contributed by atoms with Gasteiger partial charge >= 0.3 is 5.97 Å². The van der Waals surface area contributed by atoms with Crippen LogP contribution in [0.1, 0.15) is 37.6 Å². The monoisotopic (exact) mass is 478 g/mol. The average Bonchev–Trinajstić information content (AvgIpc) is 2.78. The van der Waals surface area contributed by atoms with Gasteiger partial charge < -0.3 is 36.2 Å². The van der Waals surface area contributed by atoms with Crippen molar-refractivity contribution in [2.45, 2.75) is 51.4 Å². The van der Waals surface area contributed by atoms with Gasteiger partial charge in [-0.15, -0.1) is 0 Å². The van der Waals surface area contributed by atoms with Gasteiger partial charge in [0.1, 0.15) is 30.5 Å². The molecule has 0 bridgehead atoms. The maximum absolute atomic E-state index is 12.8. The molecular formula is C22H30N4O8. The molecule has 4 amide bonds. The molecule has 4 atom stereocenters. The Morgan fingerprint density at radius 3 is 2.35 bits per heavy atom. The molecule has 0 unspecified atom stereocenters. The highest BCUT2D eigenvalue weighted by atomic mass is 16.5. The van der Waals surface area contributed by atoms with E-state index in [2.05, 4.69) is 21.3 Å². The minimum atomic E-state index is -1.61. The summed E-state index contributed by atoms with van der Waals surface area (Å²) < 4.78 is 5.69. The van der Waals surface area contributed by atoms with E-state index in [0.29, 0.717) is 0 Å². The fourth-order valence-electron chi connectivity index (χ4n) is 3.23. The second kappa shape index (κ2) is 12.0. The Bertz CT molecular complexity index is 935. The number of ether oxygens (including phenoxy) is 1. The summed E-state index contributed by atoms with van der Waals surface area (Å²) in [6.45, 7) is 4.30. The van der Waals surface area contributed by atoms with Gasteiger partial charge in [-0.25, -0.2) is 4.79 Å². The van der Waals surface area contributed by atoms with Crippen LogP contribution in [0.5, 0.6) is 5.75 Å². The summed E-state index contributed by atoms with van der Waals surface area (Å²) in [6, 6.07) is 1.61. The number of fused-ring (bicyclic) bond motifs is 1. The zero-order chi connectivity index (χ0) is 25.4. The van der Waals surface area contributed by atoms with Gasteiger partial charge in [0.2, 0.25) is 17.7 Å². The van der Waals surface area contributed by atoms with Crippen LogP contribution in [0.25, 0.3) is 0 Å². The van der Waals surface area contributed by atoms with E-state index in [-0.39, 0.29) is 23.8 Å². The number of nitrogens with one attached hydrogen (secondary N) is 4. The van der Waals surface area contributed by atoms with Gasteiger partial charge in [-0.05, 0) is 25.0 Å². The van der Waals surface area contributed by atoms with Gasteiger partial charge in [-0.1, -0.05) is 26.0 Å². The first kappa shape index (κ1) is 26.6. The summed E-state index contributed by atoms with van der Waals surface area (Å²) >= 11 is 0. The van der Waals surface area contributed by atoms with Crippen molar-refractivity contribution >= 4 is 29.6 Å². The number of hydrogen-bond donors (Lipinski definition) is 6. The molecule has 1 aromatic carbocycles. The summed E-state index contributed by atoms with van der Waals surface area (Å²) in [5.74, 6) is -4.62. The van der Waals surface area contributed by atoms with Gasteiger partial charge in [0.25, 0.3) is 5.91 Å². The Labute approximate surface area is 196 Å². The number of amides is 4. The molecule has 2 rings (SSSR count). The van der Waals surface area contributed by atoms with Crippen molar-refractivity contribution in [1.29, 1.82) is 0 Å². The van der Waals surface area contributed by atoms with Crippen molar-refractivity contribution in [3.63, 3.8) is 0 Å². The second-order valence-corrected chi connectivity index (χ2v) is 8.32. The highest BCUT2D eigenvalue weighted by Gasteiger charge is 2.31. The van der Waals surface area contributed by atoms with E-state index in [0.717, 1.165) is 0 Å². The SMILES string of the molecule is CC(C)[C@H]1NC(=O)[C@H](CO)NC(=O)C[C@@H](C(=O)O)NC(=O)c2ccccc2OC[C@H](C)NC1=O. The zero-order valence-corrected chi connectivity index (χ0v) is 19.2. The van der Waals surface area contributed by atoms with Crippen LogP contribution >= 0.6 is 0 Å². The molecule has 1 aromatic rings. The van der Waals surface area contributed by atoms with E-state index < -0.39 is 66.8 Å². The fraction of sp³-hybridized carbons (Fsp3) is 0.500. The van der Waals surface area contributed by atoms with Crippen molar-refractivity contribution in [2.75, 3.05) is 13.2 Å². The molecule has 1 heterocycles. The quantitative estimate of drug-likeness (QED) is 0.312.